The van der Waals surface area contributed by atoms with Gasteiger partial charge in [-0.2, -0.15) is 0 Å². The van der Waals surface area contributed by atoms with Crippen LogP contribution in [0.5, 0.6) is 11.5 Å². The molecule has 1 aliphatic rings. The van der Waals surface area contributed by atoms with Gasteiger partial charge in [0.15, 0.2) is 0 Å². The Morgan fingerprint density at radius 3 is 2.69 bits per heavy atom. The molecule has 0 spiro atoms. The van der Waals surface area contributed by atoms with E-state index in [0.29, 0.717) is 0 Å². The van der Waals surface area contributed by atoms with Gasteiger partial charge in [-0.1, -0.05) is 35.5 Å². The van der Waals surface area contributed by atoms with E-state index in [-0.39, 0.29) is 12.3 Å². The zero-order valence-electron chi connectivity index (χ0n) is 23.5. The van der Waals surface area contributed by atoms with Crippen LogP contribution in [0.4, 0.5) is 0 Å². The van der Waals surface area contributed by atoms with E-state index in [2.05, 4.69) is 60.2 Å². The van der Waals surface area contributed by atoms with Crippen molar-refractivity contribution in [3.63, 3.8) is 0 Å². The second-order valence-electron chi connectivity index (χ2n) is 11.2. The van der Waals surface area contributed by atoms with Crippen molar-refractivity contribution >= 4 is 17.0 Å². The highest BCUT2D eigenvalue weighted by molar-refractivity contribution is 5.80. The minimum absolute atomic E-state index is 0.00506. The van der Waals surface area contributed by atoms with Gasteiger partial charge in [0.1, 0.15) is 22.6 Å². The molecule has 1 N–H and O–H groups in total. The number of ether oxygens (including phenoxy) is 2. The maximum Gasteiger partial charge on any atom is 0.304 e. The second-order valence-corrected chi connectivity index (χ2v) is 11.2. The van der Waals surface area contributed by atoms with E-state index in [0.717, 1.165) is 64.4 Å². The fraction of sp³-hybridized carbons (Fsp3) is 0.387. The van der Waals surface area contributed by atoms with Crippen molar-refractivity contribution in [2.24, 2.45) is 7.05 Å². The molecule has 0 saturated heterocycles. The molecule has 8 nitrogen and oxygen atoms in total. The van der Waals surface area contributed by atoms with Crippen molar-refractivity contribution in [1.82, 2.24) is 19.9 Å². The molecule has 5 rings (SSSR count). The number of aromatic nitrogens is 3. The molecule has 0 bridgehead atoms. The number of hydrogen-bond donors (Lipinski definition) is 1. The van der Waals surface area contributed by atoms with Gasteiger partial charge in [-0.3, -0.25) is 9.69 Å². The number of fused-ring (bicyclic) bond motifs is 2. The molecule has 0 aliphatic carbocycles. The van der Waals surface area contributed by atoms with Crippen LogP contribution in [0, 0.1) is 13.8 Å². The minimum Gasteiger partial charge on any atom is -0.497 e. The number of aliphatic carboxylic acids is 1. The van der Waals surface area contributed by atoms with Crippen molar-refractivity contribution in [3.8, 4) is 11.5 Å². The average Bonchev–Trinajstić information content (AvgIpc) is 3.20. The molecule has 1 unspecified atom stereocenters. The van der Waals surface area contributed by atoms with Crippen molar-refractivity contribution in [2.75, 3.05) is 13.7 Å². The van der Waals surface area contributed by atoms with Gasteiger partial charge < -0.3 is 14.6 Å². The van der Waals surface area contributed by atoms with Crippen LogP contribution in [0.1, 0.15) is 59.6 Å². The Morgan fingerprint density at radius 2 is 1.95 bits per heavy atom. The molecule has 1 aromatic heterocycles. The zero-order valence-corrected chi connectivity index (χ0v) is 23.5. The third-order valence-electron chi connectivity index (χ3n) is 7.66. The molecule has 1 aliphatic heterocycles. The summed E-state index contributed by atoms with van der Waals surface area (Å²) in [5.74, 6) is 0.495. The average molecular weight is 529 g/mol. The molecule has 3 aromatic carbocycles. The first kappa shape index (κ1) is 26.7. The SMILES string of the molecule is COc1ccc2c(c1)OC(C)(C)CN(Cc1cc(C(CC(=O)O)c3ccc4c(nnn4C)c3C)ccc1C)C2. The van der Waals surface area contributed by atoms with Gasteiger partial charge in [-0.05, 0) is 67.6 Å². The standard InChI is InChI=1S/C31H36N4O4/c1-19-7-8-21(26(15-29(36)37)25-11-12-27-30(20(25)2)32-33-34(27)5)13-23(19)17-35-16-22-9-10-24(38-6)14-28(22)39-31(3,4)18-35/h7-14,26H,15-18H2,1-6H3,(H,36,37). The highest BCUT2D eigenvalue weighted by Gasteiger charge is 2.30. The minimum atomic E-state index is -0.834. The van der Waals surface area contributed by atoms with Crippen molar-refractivity contribution in [2.45, 2.75) is 58.7 Å². The van der Waals surface area contributed by atoms with Gasteiger partial charge in [-0.25, -0.2) is 4.68 Å². The first-order valence-electron chi connectivity index (χ1n) is 13.2. The maximum absolute atomic E-state index is 12.0. The molecule has 0 saturated carbocycles. The van der Waals surface area contributed by atoms with Crippen molar-refractivity contribution in [3.05, 3.63) is 81.9 Å². The van der Waals surface area contributed by atoms with Crippen LogP contribution < -0.4 is 9.47 Å². The molecule has 1 atom stereocenters. The van der Waals surface area contributed by atoms with Gasteiger partial charge in [0.25, 0.3) is 0 Å². The highest BCUT2D eigenvalue weighted by atomic mass is 16.5. The summed E-state index contributed by atoms with van der Waals surface area (Å²) in [7, 11) is 3.52. The Hall–Kier alpha value is -3.91. The fourth-order valence-corrected chi connectivity index (χ4v) is 5.69. The van der Waals surface area contributed by atoms with E-state index in [9.17, 15) is 9.90 Å². The van der Waals surface area contributed by atoms with E-state index in [1.807, 2.05) is 38.2 Å². The molecular formula is C31H36N4O4. The molecule has 39 heavy (non-hydrogen) atoms. The van der Waals surface area contributed by atoms with E-state index in [4.69, 9.17) is 9.47 Å². The first-order valence-corrected chi connectivity index (χ1v) is 13.2. The number of methoxy groups -OCH3 is 1. The van der Waals surface area contributed by atoms with Crippen LogP contribution >= 0.6 is 0 Å². The second kappa shape index (κ2) is 10.3. The Morgan fingerprint density at radius 1 is 1.15 bits per heavy atom. The van der Waals surface area contributed by atoms with E-state index >= 15 is 0 Å². The third kappa shape index (κ3) is 5.47. The van der Waals surface area contributed by atoms with Crippen LogP contribution in [-0.4, -0.2) is 50.2 Å². The number of hydrogen-bond acceptors (Lipinski definition) is 6. The number of rotatable bonds is 7. The number of nitrogens with zero attached hydrogens (tertiary/aromatic N) is 4. The summed E-state index contributed by atoms with van der Waals surface area (Å²) in [6, 6.07) is 16.3. The van der Waals surface area contributed by atoms with Crippen LogP contribution in [-0.2, 0) is 24.9 Å². The predicted octanol–water partition coefficient (Wildman–Crippen LogP) is 5.37. The smallest absolute Gasteiger partial charge is 0.304 e. The van der Waals surface area contributed by atoms with Gasteiger partial charge in [0.05, 0.1) is 19.0 Å². The summed E-state index contributed by atoms with van der Waals surface area (Å²) in [6.07, 6.45) is -0.00506. The Kier molecular flexibility index (Phi) is 7.07. The largest absolute Gasteiger partial charge is 0.497 e. The van der Waals surface area contributed by atoms with E-state index in [1.165, 1.54) is 11.1 Å². The van der Waals surface area contributed by atoms with Crippen LogP contribution in [0.3, 0.4) is 0 Å². The Labute approximate surface area is 229 Å². The highest BCUT2D eigenvalue weighted by Crippen LogP contribution is 2.36. The van der Waals surface area contributed by atoms with E-state index in [1.54, 1.807) is 11.8 Å². The summed E-state index contributed by atoms with van der Waals surface area (Å²) in [5.41, 5.74) is 7.73. The molecule has 204 valence electrons. The van der Waals surface area contributed by atoms with Gasteiger partial charge in [0, 0.05) is 44.2 Å². The number of carboxylic acids is 1. The summed E-state index contributed by atoms with van der Waals surface area (Å²) < 4.78 is 13.6. The van der Waals surface area contributed by atoms with Crippen molar-refractivity contribution in [1.29, 1.82) is 0 Å². The third-order valence-corrected chi connectivity index (χ3v) is 7.66. The topological polar surface area (TPSA) is 89.7 Å². The Bertz CT molecular complexity index is 1540. The zero-order chi connectivity index (χ0) is 27.9. The predicted molar refractivity (Wildman–Crippen MR) is 150 cm³/mol. The maximum atomic E-state index is 12.0. The van der Waals surface area contributed by atoms with E-state index < -0.39 is 11.6 Å². The molecule has 0 fully saturated rings. The first-order chi connectivity index (χ1) is 18.5. The number of aryl methyl sites for hydroxylation is 3. The quantitative estimate of drug-likeness (QED) is 0.345. The number of carboxylic acid groups (broad SMARTS) is 1. The van der Waals surface area contributed by atoms with Gasteiger partial charge >= 0.3 is 5.97 Å². The fourth-order valence-electron chi connectivity index (χ4n) is 5.69. The van der Waals surface area contributed by atoms with Crippen LogP contribution in [0.15, 0.2) is 48.5 Å². The van der Waals surface area contributed by atoms with Gasteiger partial charge in [-0.15, -0.1) is 5.10 Å². The molecule has 0 amide bonds. The summed E-state index contributed by atoms with van der Waals surface area (Å²) in [6.45, 7) is 10.5. The summed E-state index contributed by atoms with van der Waals surface area (Å²) in [5, 5.41) is 18.3. The Balaban J connectivity index is 1.50. The van der Waals surface area contributed by atoms with Gasteiger partial charge in [0.2, 0.25) is 0 Å². The lowest BCUT2D eigenvalue weighted by Gasteiger charge is -2.30. The monoisotopic (exact) mass is 528 g/mol. The number of carbonyl (C=O) groups is 1. The molecule has 8 heteroatoms. The van der Waals surface area contributed by atoms with Crippen LogP contribution in [0.25, 0.3) is 11.0 Å². The van der Waals surface area contributed by atoms with Crippen molar-refractivity contribution < 1.29 is 19.4 Å². The normalized spacial score (nSPS) is 15.8. The molecule has 4 aromatic rings. The molecule has 0 radical (unpaired) electrons. The lowest BCUT2D eigenvalue weighted by Crippen LogP contribution is -2.40. The lowest BCUT2D eigenvalue weighted by molar-refractivity contribution is -0.137. The number of benzene rings is 3. The summed E-state index contributed by atoms with van der Waals surface area (Å²) >= 11 is 0. The lowest BCUT2D eigenvalue weighted by atomic mass is 9.84. The molecular weight excluding hydrogens is 492 g/mol. The van der Waals surface area contributed by atoms with Crippen LogP contribution in [0.2, 0.25) is 0 Å². The summed E-state index contributed by atoms with van der Waals surface area (Å²) in [4.78, 5) is 14.4. The molecule has 2 heterocycles.